The number of hydrogen-bond acceptors (Lipinski definition) is 21. The predicted octanol–water partition coefficient (Wildman–Crippen LogP) is -0.243. The SMILES string of the molecule is CO/N=C(\C(=O)N[C@@H]1C(=O)N2C(C(=O)OC(C)OC(=O)OC(COC(=O)[C@@H](N)C(C)C)COC(=O)[C@@H](N)C(C)C)=C(COC(C)=O)CS[C@H]12)c1csc(N)n1. The van der Waals surface area contributed by atoms with E-state index in [1.165, 1.54) is 19.4 Å². The molecule has 3 heterocycles. The number of β-lactam (4-membered cyclic amide) rings is 1. The van der Waals surface area contributed by atoms with Crippen LogP contribution in [0, 0.1) is 11.8 Å². The van der Waals surface area contributed by atoms with Gasteiger partial charge in [-0.15, -0.1) is 23.1 Å². The van der Waals surface area contributed by atoms with Crippen molar-refractivity contribution in [2.45, 2.75) is 77.4 Å². The van der Waals surface area contributed by atoms with Gasteiger partial charge in [-0.25, -0.2) is 14.6 Å². The summed E-state index contributed by atoms with van der Waals surface area (Å²) in [6, 6.07) is -3.11. The predicted molar refractivity (Wildman–Crippen MR) is 193 cm³/mol. The molecule has 55 heavy (non-hydrogen) atoms. The minimum Gasteiger partial charge on any atom is -0.461 e. The number of amides is 2. The van der Waals surface area contributed by atoms with Gasteiger partial charge in [0.15, 0.2) is 16.9 Å². The molecule has 304 valence electrons. The van der Waals surface area contributed by atoms with Crippen LogP contribution < -0.4 is 22.5 Å². The molecule has 1 aromatic rings. The van der Waals surface area contributed by atoms with Crippen molar-refractivity contribution in [1.82, 2.24) is 15.2 Å². The average Bonchev–Trinajstić information content (AvgIpc) is 3.56. The molecule has 5 atom stereocenters. The maximum atomic E-state index is 13.6. The highest BCUT2D eigenvalue weighted by atomic mass is 32.2. The van der Waals surface area contributed by atoms with E-state index >= 15 is 0 Å². The van der Waals surface area contributed by atoms with E-state index in [1.54, 1.807) is 27.7 Å². The fourth-order valence-corrected chi connectivity index (χ4v) is 6.48. The molecular formula is C32H45N7O14S2. The molecule has 2 aliphatic rings. The van der Waals surface area contributed by atoms with Gasteiger partial charge in [-0.05, 0) is 11.8 Å². The van der Waals surface area contributed by atoms with Crippen LogP contribution in [0.1, 0.15) is 47.2 Å². The molecule has 1 unspecified atom stereocenters. The largest absolute Gasteiger partial charge is 0.511 e. The molecule has 0 aliphatic carbocycles. The molecular weight excluding hydrogens is 771 g/mol. The molecule has 0 radical (unpaired) electrons. The summed E-state index contributed by atoms with van der Waals surface area (Å²) >= 11 is 2.22. The van der Waals surface area contributed by atoms with Gasteiger partial charge in [0.1, 0.15) is 61.8 Å². The summed E-state index contributed by atoms with van der Waals surface area (Å²) in [5.74, 6) is -5.42. The first-order valence-electron chi connectivity index (χ1n) is 16.7. The molecule has 21 nitrogen and oxygen atoms in total. The summed E-state index contributed by atoms with van der Waals surface area (Å²) in [5, 5.41) is 7.10. The van der Waals surface area contributed by atoms with Crippen LogP contribution in [-0.4, -0.2) is 126 Å². The van der Waals surface area contributed by atoms with Crippen molar-refractivity contribution < 1.29 is 66.8 Å². The van der Waals surface area contributed by atoms with Crippen molar-refractivity contribution in [3.8, 4) is 0 Å². The summed E-state index contributed by atoms with van der Waals surface area (Å²) < 4.78 is 31.0. The monoisotopic (exact) mass is 815 g/mol. The summed E-state index contributed by atoms with van der Waals surface area (Å²) in [7, 11) is 1.22. The van der Waals surface area contributed by atoms with E-state index in [2.05, 4.69) is 15.5 Å². The molecule has 0 aromatic carbocycles. The normalized spacial score (nSPS) is 18.4. The quantitative estimate of drug-likeness (QED) is 0.0371. The zero-order chi connectivity index (χ0) is 41.1. The number of nitrogens with zero attached hydrogens (tertiary/aromatic N) is 3. The number of oxime groups is 1. The number of anilines is 1. The maximum absolute atomic E-state index is 13.6. The van der Waals surface area contributed by atoms with Gasteiger partial charge < -0.3 is 55.8 Å². The van der Waals surface area contributed by atoms with Crippen LogP contribution in [0.25, 0.3) is 0 Å². The first kappa shape index (κ1) is 44.4. The third kappa shape index (κ3) is 12.0. The number of thioether (sulfide) groups is 1. The fourth-order valence-electron chi connectivity index (χ4n) is 4.61. The van der Waals surface area contributed by atoms with Gasteiger partial charge in [-0.1, -0.05) is 32.9 Å². The number of hydrogen-bond donors (Lipinski definition) is 4. The third-order valence-corrected chi connectivity index (χ3v) is 9.75. The second-order valence-electron chi connectivity index (χ2n) is 12.7. The Balaban J connectivity index is 1.72. The Kier molecular flexibility index (Phi) is 16.2. The number of aromatic nitrogens is 1. The van der Waals surface area contributed by atoms with Crippen molar-refractivity contribution in [1.29, 1.82) is 0 Å². The number of nitrogens with two attached hydrogens (primary N) is 3. The Morgan fingerprint density at radius 3 is 2.07 bits per heavy atom. The standard InChI is InChI=1S/C32H45N7O14S2/c1-13(2)20(33)28(43)49-9-18(10-50-29(44)21(34)14(3)4)53-32(46)52-16(6)51-30(45)24-17(8-48-15(5)40)11-54-27-23(26(42)39(24)27)37-25(41)22(38-47-7)19-12-55-31(35)36-19/h12-14,16,18,20-21,23,27H,8-11,33-34H2,1-7H3,(H2,35,36)(H,37,41)/b38-22-/t16?,20-,21-,23+,27+/m0/s1. The highest BCUT2D eigenvalue weighted by molar-refractivity contribution is 8.00. The van der Waals surface area contributed by atoms with Gasteiger partial charge in [0.25, 0.3) is 11.8 Å². The van der Waals surface area contributed by atoms with Crippen molar-refractivity contribution in [3.05, 3.63) is 22.3 Å². The minimum atomic E-state index is -1.64. The Hall–Kier alpha value is -5.00. The van der Waals surface area contributed by atoms with E-state index in [4.69, 9.17) is 50.5 Å². The van der Waals surface area contributed by atoms with Crippen molar-refractivity contribution in [2.75, 3.05) is 38.4 Å². The molecule has 0 spiro atoms. The molecule has 23 heteroatoms. The lowest BCUT2D eigenvalue weighted by atomic mass is 10.0. The number of esters is 4. The zero-order valence-electron chi connectivity index (χ0n) is 31.1. The summed E-state index contributed by atoms with van der Waals surface area (Å²) in [6.07, 6.45) is -4.44. The number of ether oxygens (including phenoxy) is 6. The van der Waals surface area contributed by atoms with Crippen molar-refractivity contribution >= 4 is 75.8 Å². The molecule has 2 aliphatic heterocycles. The Morgan fingerprint density at radius 1 is 0.964 bits per heavy atom. The average molecular weight is 816 g/mol. The second-order valence-corrected chi connectivity index (χ2v) is 14.7. The van der Waals surface area contributed by atoms with E-state index in [0.717, 1.165) is 34.9 Å². The lowest BCUT2D eigenvalue weighted by Gasteiger charge is -2.49. The fraction of sp³-hybridized carbons (Fsp3) is 0.594. The van der Waals surface area contributed by atoms with Crippen LogP contribution in [0.5, 0.6) is 0 Å². The molecule has 1 saturated heterocycles. The van der Waals surface area contributed by atoms with Gasteiger partial charge in [0, 0.05) is 30.6 Å². The van der Waals surface area contributed by atoms with E-state index in [-0.39, 0.29) is 52.0 Å². The van der Waals surface area contributed by atoms with Gasteiger partial charge in [0.2, 0.25) is 6.29 Å². The van der Waals surface area contributed by atoms with Crippen LogP contribution in [-0.2, 0) is 62.0 Å². The molecule has 2 amide bonds. The first-order valence-corrected chi connectivity index (χ1v) is 18.6. The number of carbonyl (C=O) groups excluding carboxylic acids is 7. The number of thiazole rings is 1. The minimum absolute atomic E-state index is 0.0670. The van der Waals surface area contributed by atoms with Crippen molar-refractivity contribution in [2.24, 2.45) is 28.5 Å². The Labute approximate surface area is 323 Å². The zero-order valence-corrected chi connectivity index (χ0v) is 32.8. The summed E-state index contributed by atoms with van der Waals surface area (Å²) in [4.78, 5) is 99.1. The van der Waals surface area contributed by atoms with Gasteiger partial charge in [0.05, 0.1) is 0 Å². The molecule has 0 saturated carbocycles. The van der Waals surface area contributed by atoms with E-state index in [9.17, 15) is 33.6 Å². The lowest BCUT2D eigenvalue weighted by molar-refractivity contribution is -0.173. The number of nitrogen functional groups attached to an aromatic ring is 1. The van der Waals surface area contributed by atoms with E-state index < -0.39 is 91.0 Å². The van der Waals surface area contributed by atoms with Gasteiger partial charge >= 0.3 is 30.0 Å². The Bertz CT molecular complexity index is 1650. The smallest absolute Gasteiger partial charge is 0.461 e. The highest BCUT2D eigenvalue weighted by Gasteiger charge is 2.55. The summed E-state index contributed by atoms with van der Waals surface area (Å²) in [5.41, 5.74) is 17.1. The molecule has 3 rings (SSSR count). The number of rotatable bonds is 18. The molecule has 7 N–H and O–H groups in total. The number of carbonyl (C=O) groups is 7. The topological polar surface area (TPSA) is 303 Å². The second kappa shape index (κ2) is 20.1. The molecule has 1 aromatic heterocycles. The highest BCUT2D eigenvalue weighted by Crippen LogP contribution is 2.41. The van der Waals surface area contributed by atoms with Gasteiger partial charge in [-0.3, -0.25) is 28.9 Å². The van der Waals surface area contributed by atoms with Gasteiger partial charge in [-0.2, -0.15) is 0 Å². The van der Waals surface area contributed by atoms with Crippen LogP contribution >= 0.6 is 23.1 Å². The first-order chi connectivity index (χ1) is 25.9. The van der Waals surface area contributed by atoms with Crippen molar-refractivity contribution in [3.63, 3.8) is 0 Å². The van der Waals surface area contributed by atoms with Crippen LogP contribution in [0.3, 0.4) is 0 Å². The van der Waals surface area contributed by atoms with E-state index in [1.807, 2.05) is 0 Å². The van der Waals surface area contributed by atoms with E-state index in [0.29, 0.717) is 0 Å². The van der Waals surface area contributed by atoms with Crippen LogP contribution in [0.4, 0.5) is 9.93 Å². The van der Waals surface area contributed by atoms with Crippen LogP contribution in [0.2, 0.25) is 0 Å². The maximum Gasteiger partial charge on any atom is 0.511 e. The lowest BCUT2D eigenvalue weighted by Crippen LogP contribution is -2.71. The van der Waals surface area contributed by atoms with Crippen LogP contribution in [0.15, 0.2) is 21.8 Å². The Morgan fingerprint density at radius 2 is 1.56 bits per heavy atom. The third-order valence-electron chi connectivity index (χ3n) is 7.74. The number of nitrogens with one attached hydrogen (secondary N) is 1. The molecule has 0 bridgehead atoms. The molecule has 1 fully saturated rings. The number of fused-ring (bicyclic) bond motifs is 1. The summed E-state index contributed by atoms with van der Waals surface area (Å²) in [6.45, 7) is 7.56.